The first-order valence-corrected chi connectivity index (χ1v) is 16.6. The molecule has 0 spiro atoms. The first-order valence-electron chi connectivity index (χ1n) is 12.8. The van der Waals surface area contributed by atoms with Crippen LogP contribution < -0.4 is 24.8 Å². The van der Waals surface area contributed by atoms with Crippen LogP contribution in [0.2, 0.25) is 0 Å². The van der Waals surface area contributed by atoms with Crippen LogP contribution in [0, 0.1) is 0 Å². The zero-order valence-corrected chi connectivity index (χ0v) is 27.1. The summed E-state index contributed by atoms with van der Waals surface area (Å²) in [4.78, 5) is 0. The molecule has 0 saturated heterocycles. The average Bonchev–Trinajstić information content (AvgIpc) is 3.43. The Kier molecular flexibility index (Phi) is 9.37. The largest absolute Gasteiger partial charge is 1.00 e. The van der Waals surface area contributed by atoms with Gasteiger partial charge in [-0.2, -0.15) is 0 Å². The molecule has 0 fully saturated rings. The van der Waals surface area contributed by atoms with Crippen molar-refractivity contribution in [2.45, 2.75) is 28.9 Å². The summed E-state index contributed by atoms with van der Waals surface area (Å²) in [5.41, 5.74) is 4.45. The minimum atomic E-state index is -4.90. The maximum absolute atomic E-state index is 13.8. The second-order valence-electron chi connectivity index (χ2n) is 10.1. The third-order valence-corrected chi connectivity index (χ3v) is 13.9. The van der Waals surface area contributed by atoms with Crippen molar-refractivity contribution in [3.05, 3.63) is 142 Å². The van der Waals surface area contributed by atoms with Crippen molar-refractivity contribution in [2.24, 2.45) is 0 Å². The number of hydrogen-bond donors (Lipinski definition) is 0. The molecular weight excluding hydrogens is 760 g/mol. The Labute approximate surface area is 263 Å². The molecule has 0 bridgehead atoms. The third kappa shape index (κ3) is 5.93. The normalized spacial score (nSPS) is 17.5. The van der Waals surface area contributed by atoms with Crippen molar-refractivity contribution in [2.75, 3.05) is 0 Å². The molecule has 2 aliphatic rings. The summed E-state index contributed by atoms with van der Waals surface area (Å²) >= 11 is -2.01. The van der Waals surface area contributed by atoms with Gasteiger partial charge in [0.2, 0.25) is 0 Å². The monoisotopic (exact) mass is 782 g/mol. The first kappa shape index (κ1) is 32.3. The van der Waals surface area contributed by atoms with Gasteiger partial charge in [-0.3, -0.25) is 0 Å². The SMILES string of the molecule is CC1C(c2ccccc2)=[C]([Hf+2][CH]2C(c3cc(C(F)(F)F)cc(C(F)(F)F)c3)=Cc3ccccc32)c2ccccc21.[Cl-].[Cl-]. The maximum Gasteiger partial charge on any atom is -1.00 e. The molecule has 0 nitrogen and oxygen atoms in total. The third-order valence-electron chi connectivity index (χ3n) is 7.62. The molecule has 2 aliphatic carbocycles. The van der Waals surface area contributed by atoms with Gasteiger partial charge in [-0.1, -0.05) is 0 Å². The van der Waals surface area contributed by atoms with E-state index in [0.717, 1.165) is 34.4 Å². The minimum Gasteiger partial charge on any atom is -1.00 e. The molecule has 214 valence electrons. The predicted molar refractivity (Wildman–Crippen MR) is 142 cm³/mol. The van der Waals surface area contributed by atoms with Crippen molar-refractivity contribution in [1.82, 2.24) is 0 Å². The van der Waals surface area contributed by atoms with E-state index in [-0.39, 0.29) is 46.0 Å². The summed E-state index contributed by atoms with van der Waals surface area (Å²) in [6.07, 6.45) is -8.01. The van der Waals surface area contributed by atoms with Crippen molar-refractivity contribution in [3.8, 4) is 0 Å². The van der Waals surface area contributed by atoms with Crippen LogP contribution in [0.4, 0.5) is 26.3 Å². The van der Waals surface area contributed by atoms with Gasteiger partial charge >= 0.3 is 240 Å². The van der Waals surface area contributed by atoms with Crippen LogP contribution in [0.5, 0.6) is 0 Å². The smallest absolute Gasteiger partial charge is 1.00 e. The second-order valence-corrected chi connectivity index (χ2v) is 15.0. The van der Waals surface area contributed by atoms with E-state index in [0.29, 0.717) is 5.57 Å². The quantitative estimate of drug-likeness (QED) is 0.217. The Balaban J connectivity index is 0.00000202. The van der Waals surface area contributed by atoms with E-state index in [4.69, 9.17) is 0 Å². The Morgan fingerprint density at radius 3 is 1.79 bits per heavy atom. The van der Waals surface area contributed by atoms with Crippen LogP contribution in [0.3, 0.4) is 0 Å². The van der Waals surface area contributed by atoms with Gasteiger partial charge in [0.1, 0.15) is 0 Å². The Morgan fingerprint density at radius 1 is 0.619 bits per heavy atom. The number of fused-ring (bicyclic) bond motifs is 2. The van der Waals surface area contributed by atoms with Gasteiger partial charge in [-0.25, -0.2) is 0 Å². The molecule has 4 aromatic carbocycles. The predicted octanol–water partition coefficient (Wildman–Crippen LogP) is 4.10. The van der Waals surface area contributed by atoms with Gasteiger partial charge in [0.15, 0.2) is 0 Å². The summed E-state index contributed by atoms with van der Waals surface area (Å²) in [6.45, 7) is 2.17. The number of allylic oxidation sites excluding steroid dienone is 2. The average molecular weight is 782 g/mol. The molecule has 9 heteroatoms. The van der Waals surface area contributed by atoms with E-state index >= 15 is 0 Å². The van der Waals surface area contributed by atoms with Crippen LogP contribution in [0.25, 0.3) is 20.6 Å². The van der Waals surface area contributed by atoms with Crippen LogP contribution in [0.15, 0.2) is 97.1 Å². The second kappa shape index (κ2) is 12.2. The van der Waals surface area contributed by atoms with Crippen LogP contribution in [-0.4, -0.2) is 0 Å². The molecule has 6 rings (SSSR count). The minimum absolute atomic E-state index is 0. The van der Waals surface area contributed by atoms with E-state index in [1.54, 1.807) is 6.08 Å². The molecule has 0 radical (unpaired) electrons. The molecule has 42 heavy (non-hydrogen) atoms. The topological polar surface area (TPSA) is 0 Å². The van der Waals surface area contributed by atoms with Gasteiger partial charge in [-0.15, -0.1) is 0 Å². The zero-order valence-electron chi connectivity index (χ0n) is 22.0. The van der Waals surface area contributed by atoms with E-state index in [2.05, 4.69) is 31.2 Å². The van der Waals surface area contributed by atoms with Crippen molar-refractivity contribution < 1.29 is 74.1 Å². The summed E-state index contributed by atoms with van der Waals surface area (Å²) in [7, 11) is 0. The van der Waals surface area contributed by atoms with Gasteiger partial charge < -0.3 is 24.8 Å². The van der Waals surface area contributed by atoms with Crippen LogP contribution in [-0.2, 0) is 35.3 Å². The molecule has 0 N–H and O–H groups in total. The van der Waals surface area contributed by atoms with Gasteiger partial charge in [-0.05, 0) is 0 Å². The standard InChI is InChI=1S/C17H9F6.C16H13.2ClH.Hf/c18-16(19,20)14-7-13(8-15(9-14)17(21,22)23)12-5-10-3-1-2-4-11(10)6-12;1-12-15-10-6-5-9-14(15)11-16(12)13-7-3-2-4-8-13;;;/h1-9H;2-10,12H,1H3;2*1H;/q;;;;+2/p-2. The van der Waals surface area contributed by atoms with Gasteiger partial charge in [0.05, 0.1) is 0 Å². The summed E-state index contributed by atoms with van der Waals surface area (Å²) in [5, 5.41) is 0. The van der Waals surface area contributed by atoms with E-state index in [1.165, 1.54) is 14.5 Å². The fourth-order valence-electron chi connectivity index (χ4n) is 5.78. The van der Waals surface area contributed by atoms with E-state index < -0.39 is 46.4 Å². The fourth-order valence-corrected chi connectivity index (χ4v) is 13.0. The molecule has 0 saturated carbocycles. The first-order chi connectivity index (χ1) is 19.0. The van der Waals surface area contributed by atoms with Crippen molar-refractivity contribution >= 4 is 20.6 Å². The Morgan fingerprint density at radius 2 is 1.17 bits per heavy atom. The van der Waals surface area contributed by atoms with Gasteiger partial charge in [0.25, 0.3) is 0 Å². The Bertz CT molecular complexity index is 1640. The number of benzene rings is 4. The zero-order chi connectivity index (χ0) is 28.2. The molecular formula is C33H22Cl2F6Hf. The molecule has 2 unspecified atom stereocenters. The van der Waals surface area contributed by atoms with Crippen LogP contribution >= 0.6 is 0 Å². The van der Waals surface area contributed by atoms with E-state index in [1.807, 2.05) is 54.6 Å². The number of halogens is 8. The molecule has 0 heterocycles. The Hall–Kier alpha value is -2.61. The molecule has 0 aromatic heterocycles. The number of hydrogen-bond acceptors (Lipinski definition) is 0. The van der Waals surface area contributed by atoms with Crippen LogP contribution in [0.1, 0.15) is 61.0 Å². The summed E-state index contributed by atoms with van der Waals surface area (Å²) in [6, 6.07) is 27.8. The summed E-state index contributed by atoms with van der Waals surface area (Å²) in [5.74, 6) is 0.135. The summed E-state index contributed by atoms with van der Waals surface area (Å²) < 4.78 is 83.7. The fraction of sp³-hybridized carbons (Fsp3) is 0.152. The van der Waals surface area contributed by atoms with Crippen molar-refractivity contribution in [1.29, 1.82) is 0 Å². The number of alkyl halides is 6. The van der Waals surface area contributed by atoms with E-state index in [9.17, 15) is 26.3 Å². The molecule has 4 aromatic rings. The van der Waals surface area contributed by atoms with Gasteiger partial charge in [0, 0.05) is 0 Å². The van der Waals surface area contributed by atoms with Crippen molar-refractivity contribution in [3.63, 3.8) is 0 Å². The molecule has 0 amide bonds. The number of rotatable bonds is 4. The molecule has 0 aliphatic heterocycles. The molecule has 2 atom stereocenters. The maximum atomic E-state index is 13.8.